The fourth-order valence-corrected chi connectivity index (χ4v) is 3.77. The number of benzene rings is 3. The van der Waals surface area contributed by atoms with Crippen LogP contribution in [0.15, 0.2) is 54.6 Å². The average molecular weight is 407 g/mol. The highest BCUT2D eigenvalue weighted by Crippen LogP contribution is 2.45. The Balaban J connectivity index is 2.21. The highest BCUT2D eigenvalue weighted by Gasteiger charge is 2.45. The molecular formula is C22H15F6N. The van der Waals surface area contributed by atoms with Gasteiger partial charge in [-0.2, -0.15) is 26.3 Å². The van der Waals surface area contributed by atoms with E-state index in [2.05, 4.69) is 0 Å². The zero-order chi connectivity index (χ0) is 21.1. The van der Waals surface area contributed by atoms with Crippen LogP contribution < -0.4 is 0 Å². The Morgan fingerprint density at radius 1 is 0.655 bits per heavy atom. The molecule has 7 heteroatoms. The van der Waals surface area contributed by atoms with Crippen LogP contribution in [0, 0.1) is 13.8 Å². The monoisotopic (exact) mass is 407 g/mol. The van der Waals surface area contributed by atoms with Crippen LogP contribution in [0.3, 0.4) is 0 Å². The normalized spacial score (nSPS) is 12.8. The molecule has 1 heterocycles. The number of fused-ring (bicyclic) bond motifs is 3. The maximum atomic E-state index is 13.8. The molecule has 0 bridgehead atoms. The van der Waals surface area contributed by atoms with Crippen LogP contribution in [-0.4, -0.2) is 4.57 Å². The summed E-state index contributed by atoms with van der Waals surface area (Å²) in [4.78, 5) is 0. The summed E-state index contributed by atoms with van der Waals surface area (Å²) in [7, 11) is 0. The number of hydrogen-bond acceptors (Lipinski definition) is 0. The molecule has 0 aliphatic heterocycles. The van der Waals surface area contributed by atoms with Crippen molar-refractivity contribution >= 4 is 21.8 Å². The maximum Gasteiger partial charge on any atom is 0.419 e. The topological polar surface area (TPSA) is 4.93 Å². The van der Waals surface area contributed by atoms with Gasteiger partial charge in [-0.25, -0.2) is 0 Å². The number of aromatic nitrogens is 1. The maximum absolute atomic E-state index is 13.8. The second kappa shape index (κ2) is 6.27. The average Bonchev–Trinajstić information content (AvgIpc) is 2.92. The largest absolute Gasteiger partial charge is 0.419 e. The standard InChI is InChI=1S/C22H15F6N/c1-12-6-8-17-14(10-12)15-11-13(2)7-9-18(15)29(17)19-5-3-4-16(21(23,24)25)20(19)22(26,27)28/h3-11H,1-2H3. The molecule has 0 saturated heterocycles. The summed E-state index contributed by atoms with van der Waals surface area (Å²) >= 11 is 0. The van der Waals surface area contributed by atoms with E-state index in [0.717, 1.165) is 23.3 Å². The van der Waals surface area contributed by atoms with Gasteiger partial charge in [0, 0.05) is 10.8 Å². The van der Waals surface area contributed by atoms with E-state index >= 15 is 0 Å². The lowest BCUT2D eigenvalue weighted by Gasteiger charge is -2.20. The Morgan fingerprint density at radius 3 is 1.62 bits per heavy atom. The van der Waals surface area contributed by atoms with Gasteiger partial charge in [-0.15, -0.1) is 0 Å². The zero-order valence-electron chi connectivity index (χ0n) is 15.4. The number of rotatable bonds is 1. The first-order chi connectivity index (χ1) is 13.5. The van der Waals surface area contributed by atoms with E-state index in [1.807, 2.05) is 26.0 Å². The minimum Gasteiger partial charge on any atom is -0.309 e. The minimum atomic E-state index is -5.18. The molecule has 4 rings (SSSR count). The van der Waals surface area contributed by atoms with Crippen molar-refractivity contribution in [1.29, 1.82) is 0 Å². The molecule has 29 heavy (non-hydrogen) atoms. The van der Waals surface area contributed by atoms with E-state index in [0.29, 0.717) is 27.9 Å². The summed E-state index contributed by atoms with van der Waals surface area (Å²) in [6, 6.07) is 12.9. The van der Waals surface area contributed by atoms with Gasteiger partial charge < -0.3 is 4.57 Å². The number of alkyl halides is 6. The highest BCUT2D eigenvalue weighted by atomic mass is 19.4. The molecule has 0 atom stereocenters. The highest BCUT2D eigenvalue weighted by molar-refractivity contribution is 6.09. The van der Waals surface area contributed by atoms with Crippen molar-refractivity contribution in [1.82, 2.24) is 4.57 Å². The predicted octanol–water partition coefficient (Wildman–Crippen LogP) is 7.44. The lowest BCUT2D eigenvalue weighted by atomic mass is 10.0. The van der Waals surface area contributed by atoms with Crippen LogP contribution in [0.25, 0.3) is 27.5 Å². The lowest BCUT2D eigenvalue weighted by molar-refractivity contribution is -0.162. The predicted molar refractivity (Wildman–Crippen MR) is 100 cm³/mol. The van der Waals surface area contributed by atoms with E-state index in [9.17, 15) is 26.3 Å². The van der Waals surface area contributed by atoms with Crippen molar-refractivity contribution in [3.05, 3.63) is 76.9 Å². The number of nitrogens with zero attached hydrogens (tertiary/aromatic N) is 1. The summed E-state index contributed by atoms with van der Waals surface area (Å²) in [5.74, 6) is 0. The molecule has 150 valence electrons. The van der Waals surface area contributed by atoms with E-state index in [1.54, 1.807) is 24.3 Å². The van der Waals surface area contributed by atoms with Crippen molar-refractivity contribution < 1.29 is 26.3 Å². The van der Waals surface area contributed by atoms with Crippen molar-refractivity contribution in [3.8, 4) is 5.69 Å². The van der Waals surface area contributed by atoms with Crippen LogP contribution in [0.2, 0.25) is 0 Å². The summed E-state index contributed by atoms with van der Waals surface area (Å²) in [5, 5.41) is 1.38. The van der Waals surface area contributed by atoms with Gasteiger partial charge in [0.25, 0.3) is 0 Å². The number of hydrogen-bond donors (Lipinski definition) is 0. The van der Waals surface area contributed by atoms with Gasteiger partial charge in [-0.3, -0.25) is 0 Å². The van der Waals surface area contributed by atoms with Gasteiger partial charge in [0.1, 0.15) is 0 Å². The summed E-state index contributed by atoms with van der Waals surface area (Å²) < 4.78 is 83.1. The van der Waals surface area contributed by atoms with Crippen molar-refractivity contribution in [3.63, 3.8) is 0 Å². The Kier molecular flexibility index (Phi) is 4.19. The van der Waals surface area contributed by atoms with Crippen molar-refractivity contribution in [2.24, 2.45) is 0 Å². The quantitative estimate of drug-likeness (QED) is 0.289. The van der Waals surface area contributed by atoms with Gasteiger partial charge in [-0.05, 0) is 50.2 Å². The van der Waals surface area contributed by atoms with Gasteiger partial charge in [-0.1, -0.05) is 29.3 Å². The molecule has 4 aromatic rings. The molecule has 0 spiro atoms. The van der Waals surface area contributed by atoms with Crippen LogP contribution in [-0.2, 0) is 12.4 Å². The fraction of sp³-hybridized carbons (Fsp3) is 0.182. The minimum absolute atomic E-state index is 0.418. The first-order valence-corrected chi connectivity index (χ1v) is 8.77. The smallest absolute Gasteiger partial charge is 0.309 e. The Morgan fingerprint density at radius 2 is 1.17 bits per heavy atom. The first kappa shape index (κ1) is 19.4. The third-order valence-corrected chi connectivity index (χ3v) is 4.95. The zero-order valence-corrected chi connectivity index (χ0v) is 15.4. The number of aryl methyl sites for hydroxylation is 2. The van der Waals surface area contributed by atoms with Crippen LogP contribution >= 0.6 is 0 Å². The molecule has 1 aromatic heterocycles. The fourth-order valence-electron chi connectivity index (χ4n) is 3.77. The van der Waals surface area contributed by atoms with Gasteiger partial charge >= 0.3 is 12.4 Å². The molecule has 3 aromatic carbocycles. The molecule has 1 nitrogen and oxygen atoms in total. The Hall–Kier alpha value is -2.96. The van der Waals surface area contributed by atoms with E-state index in [1.165, 1.54) is 4.57 Å². The molecule has 0 amide bonds. The molecule has 0 radical (unpaired) electrons. The van der Waals surface area contributed by atoms with Gasteiger partial charge in [0.15, 0.2) is 0 Å². The van der Waals surface area contributed by atoms with Gasteiger partial charge in [0.2, 0.25) is 0 Å². The molecule has 0 saturated carbocycles. The summed E-state index contributed by atoms with van der Waals surface area (Å²) in [6.07, 6.45) is -10.3. The molecular weight excluding hydrogens is 392 g/mol. The first-order valence-electron chi connectivity index (χ1n) is 8.77. The third kappa shape index (κ3) is 3.14. The molecule has 0 aliphatic rings. The van der Waals surface area contributed by atoms with E-state index < -0.39 is 29.2 Å². The summed E-state index contributed by atoms with van der Waals surface area (Å²) in [5.41, 5.74) is -1.29. The van der Waals surface area contributed by atoms with Crippen molar-refractivity contribution in [2.45, 2.75) is 26.2 Å². The number of halogens is 6. The van der Waals surface area contributed by atoms with Crippen LogP contribution in [0.1, 0.15) is 22.3 Å². The van der Waals surface area contributed by atoms with Crippen LogP contribution in [0.5, 0.6) is 0 Å². The third-order valence-electron chi connectivity index (χ3n) is 4.95. The molecule has 0 unspecified atom stereocenters. The van der Waals surface area contributed by atoms with Crippen molar-refractivity contribution in [2.75, 3.05) is 0 Å². The van der Waals surface area contributed by atoms with Crippen LogP contribution in [0.4, 0.5) is 26.3 Å². The van der Waals surface area contributed by atoms with Gasteiger partial charge in [0.05, 0.1) is 27.8 Å². The van der Waals surface area contributed by atoms with E-state index in [4.69, 9.17) is 0 Å². The molecule has 0 N–H and O–H groups in total. The SMILES string of the molecule is Cc1ccc2c(c1)c1cc(C)ccc1n2-c1cccc(C(F)(F)F)c1C(F)(F)F. The van der Waals surface area contributed by atoms with E-state index in [-0.39, 0.29) is 0 Å². The second-order valence-electron chi connectivity index (χ2n) is 7.07. The Bertz CT molecular complexity index is 1190. The molecule has 0 fully saturated rings. The second-order valence-corrected chi connectivity index (χ2v) is 7.07. The molecule has 0 aliphatic carbocycles. The Labute approximate surface area is 162 Å². The summed E-state index contributed by atoms with van der Waals surface area (Å²) in [6.45, 7) is 3.70. The lowest BCUT2D eigenvalue weighted by Crippen LogP contribution is -2.19.